The number of piperidine rings is 1. The minimum atomic E-state index is -0.00774. The number of aryl methyl sites for hydroxylation is 1. The molecule has 0 radical (unpaired) electrons. The van der Waals surface area contributed by atoms with Crippen LogP contribution in [-0.2, 0) is 4.79 Å². The SMILES string of the molecule is CCCNC(=O)CN1CCC(NC(=NCC(C)Oc2ccc(C)cc2)NCC)CC1. The van der Waals surface area contributed by atoms with Gasteiger partial charge in [-0.2, -0.15) is 0 Å². The summed E-state index contributed by atoms with van der Waals surface area (Å²) < 4.78 is 5.96. The number of nitrogens with zero attached hydrogens (tertiary/aromatic N) is 2. The van der Waals surface area contributed by atoms with Crippen LogP contribution in [0.5, 0.6) is 5.75 Å². The topological polar surface area (TPSA) is 78.0 Å². The zero-order valence-corrected chi connectivity index (χ0v) is 19.0. The van der Waals surface area contributed by atoms with Gasteiger partial charge >= 0.3 is 0 Å². The molecule has 0 saturated carbocycles. The van der Waals surface area contributed by atoms with Gasteiger partial charge in [0.1, 0.15) is 11.9 Å². The molecule has 2 rings (SSSR count). The maximum Gasteiger partial charge on any atom is 0.234 e. The van der Waals surface area contributed by atoms with Crippen LogP contribution in [0.3, 0.4) is 0 Å². The first-order valence-corrected chi connectivity index (χ1v) is 11.3. The molecule has 1 unspecified atom stereocenters. The number of ether oxygens (including phenoxy) is 1. The number of hydrogen-bond acceptors (Lipinski definition) is 4. The molecule has 1 aromatic rings. The smallest absolute Gasteiger partial charge is 0.234 e. The minimum absolute atomic E-state index is 0.00774. The lowest BCUT2D eigenvalue weighted by atomic mass is 10.1. The van der Waals surface area contributed by atoms with Crippen LogP contribution in [0.1, 0.15) is 45.6 Å². The minimum Gasteiger partial charge on any atom is -0.489 e. The molecule has 168 valence electrons. The van der Waals surface area contributed by atoms with Crippen molar-refractivity contribution < 1.29 is 9.53 Å². The number of carbonyl (C=O) groups is 1. The molecule has 0 bridgehead atoms. The molecule has 0 spiro atoms. The van der Waals surface area contributed by atoms with Gasteiger partial charge in [-0.15, -0.1) is 0 Å². The average Bonchev–Trinajstić information content (AvgIpc) is 2.74. The zero-order valence-electron chi connectivity index (χ0n) is 19.0. The highest BCUT2D eigenvalue weighted by Crippen LogP contribution is 2.13. The van der Waals surface area contributed by atoms with E-state index in [1.165, 1.54) is 5.56 Å². The van der Waals surface area contributed by atoms with Crippen molar-refractivity contribution in [3.8, 4) is 5.75 Å². The molecule has 0 aliphatic carbocycles. The second-order valence-corrected chi connectivity index (χ2v) is 8.01. The van der Waals surface area contributed by atoms with Crippen molar-refractivity contribution in [2.75, 3.05) is 39.3 Å². The van der Waals surface area contributed by atoms with Gasteiger partial charge in [-0.05, 0) is 52.2 Å². The third-order valence-electron chi connectivity index (χ3n) is 5.08. The van der Waals surface area contributed by atoms with Gasteiger partial charge in [0.05, 0.1) is 13.1 Å². The Morgan fingerprint density at radius 1 is 1.20 bits per heavy atom. The second-order valence-electron chi connectivity index (χ2n) is 8.01. The van der Waals surface area contributed by atoms with E-state index in [0.717, 1.165) is 57.2 Å². The molecule has 3 N–H and O–H groups in total. The van der Waals surface area contributed by atoms with Crippen LogP contribution in [0.25, 0.3) is 0 Å². The number of guanidine groups is 1. The number of nitrogens with one attached hydrogen (secondary N) is 3. The molecule has 1 fully saturated rings. The predicted octanol–water partition coefficient (Wildman–Crippen LogP) is 2.31. The lowest BCUT2D eigenvalue weighted by Crippen LogP contribution is -2.50. The highest BCUT2D eigenvalue weighted by Gasteiger charge is 2.21. The Balaban J connectivity index is 1.76. The van der Waals surface area contributed by atoms with Crippen molar-refractivity contribution in [1.82, 2.24) is 20.9 Å². The Morgan fingerprint density at radius 3 is 2.53 bits per heavy atom. The van der Waals surface area contributed by atoms with Crippen LogP contribution >= 0.6 is 0 Å². The van der Waals surface area contributed by atoms with E-state index in [-0.39, 0.29) is 12.0 Å². The number of aliphatic imine (C=N–C) groups is 1. The molecule has 1 aliphatic rings. The summed E-state index contributed by atoms with van der Waals surface area (Å²) in [5, 5.41) is 9.83. The molecule has 1 atom stereocenters. The maximum atomic E-state index is 11.9. The van der Waals surface area contributed by atoms with Gasteiger partial charge in [0.2, 0.25) is 5.91 Å². The van der Waals surface area contributed by atoms with E-state index >= 15 is 0 Å². The summed E-state index contributed by atoms with van der Waals surface area (Å²) >= 11 is 0. The molecular formula is C23H39N5O2. The van der Waals surface area contributed by atoms with Crippen LogP contribution in [-0.4, -0.2) is 68.2 Å². The number of rotatable bonds is 10. The number of benzene rings is 1. The summed E-state index contributed by atoms with van der Waals surface area (Å²) in [6.45, 7) is 12.7. The molecule has 1 heterocycles. The first-order chi connectivity index (χ1) is 14.5. The number of carbonyl (C=O) groups excluding carboxylic acids is 1. The highest BCUT2D eigenvalue weighted by molar-refractivity contribution is 5.80. The Bertz CT molecular complexity index is 654. The van der Waals surface area contributed by atoms with E-state index in [1.807, 2.05) is 19.1 Å². The van der Waals surface area contributed by atoms with Gasteiger partial charge in [-0.25, -0.2) is 4.99 Å². The summed E-state index contributed by atoms with van der Waals surface area (Å²) in [6, 6.07) is 8.46. The average molecular weight is 418 g/mol. The van der Waals surface area contributed by atoms with E-state index in [0.29, 0.717) is 19.1 Å². The summed E-state index contributed by atoms with van der Waals surface area (Å²) in [5.41, 5.74) is 1.22. The van der Waals surface area contributed by atoms with Crippen LogP contribution in [0, 0.1) is 6.92 Å². The summed E-state index contributed by atoms with van der Waals surface area (Å²) in [5.74, 6) is 1.83. The van der Waals surface area contributed by atoms with Crippen molar-refractivity contribution in [1.29, 1.82) is 0 Å². The molecule has 1 aliphatic heterocycles. The van der Waals surface area contributed by atoms with E-state index in [1.54, 1.807) is 0 Å². The molecule has 7 heteroatoms. The molecule has 7 nitrogen and oxygen atoms in total. The van der Waals surface area contributed by atoms with Gasteiger partial charge in [-0.3, -0.25) is 9.69 Å². The van der Waals surface area contributed by atoms with E-state index < -0.39 is 0 Å². The molecule has 1 saturated heterocycles. The number of hydrogen-bond donors (Lipinski definition) is 3. The van der Waals surface area contributed by atoms with Gasteiger partial charge in [0.25, 0.3) is 0 Å². The summed E-state index contributed by atoms with van der Waals surface area (Å²) in [4.78, 5) is 18.8. The van der Waals surface area contributed by atoms with E-state index in [2.05, 4.69) is 53.8 Å². The van der Waals surface area contributed by atoms with Crippen molar-refractivity contribution >= 4 is 11.9 Å². The summed E-state index contributed by atoms with van der Waals surface area (Å²) in [6.07, 6.45) is 2.97. The van der Waals surface area contributed by atoms with Crippen LogP contribution in [0.2, 0.25) is 0 Å². The summed E-state index contributed by atoms with van der Waals surface area (Å²) in [7, 11) is 0. The Morgan fingerprint density at radius 2 is 1.90 bits per heavy atom. The zero-order chi connectivity index (χ0) is 21.8. The standard InChI is InChI=1S/C23H39N5O2/c1-5-13-25-22(29)17-28-14-11-20(12-15-28)27-23(24-6-2)26-16-19(4)30-21-9-7-18(3)8-10-21/h7-10,19-20H,5-6,11-17H2,1-4H3,(H,25,29)(H2,24,26,27). The second kappa shape index (κ2) is 13.1. The van der Waals surface area contributed by atoms with Crippen molar-refractivity contribution in [3.63, 3.8) is 0 Å². The number of likely N-dealkylation sites (tertiary alicyclic amines) is 1. The highest BCUT2D eigenvalue weighted by atomic mass is 16.5. The fraction of sp³-hybridized carbons (Fsp3) is 0.652. The van der Waals surface area contributed by atoms with E-state index in [4.69, 9.17) is 9.73 Å². The Hall–Kier alpha value is -2.28. The largest absolute Gasteiger partial charge is 0.489 e. The molecule has 0 aromatic heterocycles. The molecular weight excluding hydrogens is 378 g/mol. The fourth-order valence-corrected chi connectivity index (χ4v) is 3.38. The monoisotopic (exact) mass is 417 g/mol. The fourth-order valence-electron chi connectivity index (χ4n) is 3.38. The van der Waals surface area contributed by atoms with Crippen molar-refractivity contribution in [3.05, 3.63) is 29.8 Å². The molecule has 1 amide bonds. The Labute approximate surface area is 181 Å². The normalized spacial score (nSPS) is 16.7. The van der Waals surface area contributed by atoms with Crippen molar-refractivity contribution in [2.24, 2.45) is 4.99 Å². The van der Waals surface area contributed by atoms with Crippen LogP contribution in [0.15, 0.2) is 29.3 Å². The lowest BCUT2D eigenvalue weighted by Gasteiger charge is -2.32. The number of amides is 1. The van der Waals surface area contributed by atoms with Gasteiger partial charge in [-0.1, -0.05) is 24.6 Å². The quantitative estimate of drug-likeness (QED) is 0.402. The maximum absolute atomic E-state index is 11.9. The van der Waals surface area contributed by atoms with Crippen molar-refractivity contribution in [2.45, 2.75) is 59.1 Å². The molecule has 1 aromatic carbocycles. The van der Waals surface area contributed by atoms with E-state index in [9.17, 15) is 4.79 Å². The lowest BCUT2D eigenvalue weighted by molar-refractivity contribution is -0.122. The van der Waals surface area contributed by atoms with Gasteiger partial charge < -0.3 is 20.7 Å². The van der Waals surface area contributed by atoms with Gasteiger partial charge in [0.15, 0.2) is 5.96 Å². The molecule has 30 heavy (non-hydrogen) atoms. The third-order valence-corrected chi connectivity index (χ3v) is 5.08. The predicted molar refractivity (Wildman–Crippen MR) is 123 cm³/mol. The van der Waals surface area contributed by atoms with Crippen LogP contribution in [0.4, 0.5) is 0 Å². The van der Waals surface area contributed by atoms with Crippen LogP contribution < -0.4 is 20.7 Å². The first kappa shape index (κ1) is 24.0. The first-order valence-electron chi connectivity index (χ1n) is 11.3. The third kappa shape index (κ3) is 9.03. The van der Waals surface area contributed by atoms with Gasteiger partial charge in [0, 0.05) is 32.2 Å². The Kier molecular flexibility index (Phi) is 10.5.